The van der Waals surface area contributed by atoms with Gasteiger partial charge in [0.05, 0.1) is 12.8 Å². The molecule has 1 unspecified atom stereocenters. The lowest BCUT2D eigenvalue weighted by molar-refractivity contribution is 0.439. The van der Waals surface area contributed by atoms with Crippen LogP contribution in [0.5, 0.6) is 0 Å². The molecule has 1 aliphatic carbocycles. The van der Waals surface area contributed by atoms with Crippen molar-refractivity contribution in [2.75, 3.05) is 6.54 Å². The molecule has 1 saturated carbocycles. The van der Waals surface area contributed by atoms with Crippen LogP contribution in [-0.2, 0) is 6.54 Å². The average molecular weight is 208 g/mol. The van der Waals surface area contributed by atoms with E-state index in [1.54, 1.807) is 6.26 Å². The van der Waals surface area contributed by atoms with Crippen LogP contribution in [0.4, 0.5) is 0 Å². The fourth-order valence-corrected chi connectivity index (χ4v) is 1.56. The maximum atomic E-state index is 5.37. The van der Waals surface area contributed by atoms with Gasteiger partial charge in [0.1, 0.15) is 5.76 Å². The highest BCUT2D eigenvalue weighted by Crippen LogP contribution is 2.18. The van der Waals surface area contributed by atoms with Crippen LogP contribution >= 0.6 is 0 Å². The summed E-state index contributed by atoms with van der Waals surface area (Å²) < 4.78 is 5.37. The molecular weight excluding hydrogens is 188 g/mol. The Balaban J connectivity index is 1.65. The summed E-state index contributed by atoms with van der Waals surface area (Å²) in [7, 11) is 0. The quantitative estimate of drug-likeness (QED) is 0.748. The molecule has 15 heavy (non-hydrogen) atoms. The Hall–Kier alpha value is -0.800. The van der Waals surface area contributed by atoms with Gasteiger partial charge < -0.3 is 15.1 Å². The van der Waals surface area contributed by atoms with Crippen LogP contribution in [0.25, 0.3) is 0 Å². The van der Waals surface area contributed by atoms with Gasteiger partial charge in [-0.15, -0.1) is 0 Å². The van der Waals surface area contributed by atoms with Gasteiger partial charge in [-0.3, -0.25) is 0 Å². The summed E-state index contributed by atoms with van der Waals surface area (Å²) in [5.41, 5.74) is 1.23. The fraction of sp³-hybridized carbons (Fsp3) is 0.667. The normalized spacial score (nSPS) is 18.0. The number of rotatable bonds is 6. The molecule has 0 bridgehead atoms. The fourth-order valence-electron chi connectivity index (χ4n) is 1.56. The van der Waals surface area contributed by atoms with Crippen LogP contribution in [0.3, 0.4) is 0 Å². The lowest BCUT2D eigenvalue weighted by atomic mass is 10.2. The second-order valence-electron chi connectivity index (χ2n) is 4.49. The number of hydrogen-bond acceptors (Lipinski definition) is 3. The monoisotopic (exact) mass is 208 g/mol. The van der Waals surface area contributed by atoms with Crippen molar-refractivity contribution in [2.45, 2.75) is 45.3 Å². The first-order valence-electron chi connectivity index (χ1n) is 5.75. The second kappa shape index (κ2) is 4.81. The predicted molar refractivity (Wildman–Crippen MR) is 60.8 cm³/mol. The summed E-state index contributed by atoms with van der Waals surface area (Å²) in [6.45, 7) is 6.15. The van der Waals surface area contributed by atoms with E-state index in [1.165, 1.54) is 18.4 Å². The van der Waals surface area contributed by atoms with Gasteiger partial charge in [0.25, 0.3) is 0 Å². The Morgan fingerprint density at radius 3 is 2.93 bits per heavy atom. The molecule has 0 amide bonds. The van der Waals surface area contributed by atoms with Gasteiger partial charge >= 0.3 is 0 Å². The minimum Gasteiger partial charge on any atom is -0.468 e. The van der Waals surface area contributed by atoms with Crippen LogP contribution in [0.1, 0.15) is 31.1 Å². The third kappa shape index (κ3) is 3.36. The highest BCUT2D eigenvalue weighted by Gasteiger charge is 2.20. The number of hydrogen-bond donors (Lipinski definition) is 2. The van der Waals surface area contributed by atoms with E-state index in [4.69, 9.17) is 4.42 Å². The third-order valence-electron chi connectivity index (χ3n) is 2.87. The first-order chi connectivity index (χ1) is 7.25. The Bertz CT molecular complexity index is 304. The van der Waals surface area contributed by atoms with Crippen LogP contribution in [0.2, 0.25) is 0 Å². The molecule has 2 N–H and O–H groups in total. The number of furan rings is 1. The van der Waals surface area contributed by atoms with Gasteiger partial charge in [0.15, 0.2) is 0 Å². The van der Waals surface area contributed by atoms with Crippen LogP contribution in [-0.4, -0.2) is 18.6 Å². The van der Waals surface area contributed by atoms with Crippen molar-refractivity contribution in [1.82, 2.24) is 10.6 Å². The van der Waals surface area contributed by atoms with Crippen molar-refractivity contribution in [1.29, 1.82) is 0 Å². The molecular formula is C12H20N2O. The lowest BCUT2D eigenvalue weighted by Crippen LogP contribution is -2.36. The summed E-state index contributed by atoms with van der Waals surface area (Å²) in [4.78, 5) is 0. The smallest absolute Gasteiger partial charge is 0.120 e. The second-order valence-corrected chi connectivity index (χ2v) is 4.49. The molecule has 3 heteroatoms. The Morgan fingerprint density at radius 1 is 1.53 bits per heavy atom. The molecule has 1 aromatic heterocycles. The zero-order chi connectivity index (χ0) is 10.7. The molecule has 0 saturated heterocycles. The molecule has 0 spiro atoms. The number of aryl methyl sites for hydroxylation is 1. The zero-order valence-corrected chi connectivity index (χ0v) is 9.55. The third-order valence-corrected chi connectivity index (χ3v) is 2.87. The summed E-state index contributed by atoms with van der Waals surface area (Å²) in [5, 5.41) is 6.96. The van der Waals surface area contributed by atoms with Crippen molar-refractivity contribution in [2.24, 2.45) is 0 Å². The molecule has 1 atom stereocenters. The molecule has 1 heterocycles. The predicted octanol–water partition coefficient (Wildman–Crippen LogP) is 1.82. The van der Waals surface area contributed by atoms with Crippen LogP contribution in [0, 0.1) is 6.92 Å². The molecule has 1 fully saturated rings. The van der Waals surface area contributed by atoms with E-state index in [2.05, 4.69) is 24.5 Å². The van der Waals surface area contributed by atoms with E-state index < -0.39 is 0 Å². The molecule has 0 radical (unpaired) electrons. The van der Waals surface area contributed by atoms with Gasteiger partial charge in [0, 0.05) is 18.6 Å². The Kier molecular flexibility index (Phi) is 3.44. The standard InChI is InChI=1S/C12H20N2O/c1-9-5-6-15-12(9)8-13-10(2)7-14-11-3-4-11/h5-6,10-11,13-14H,3-4,7-8H2,1-2H3. The topological polar surface area (TPSA) is 37.2 Å². The van der Waals surface area contributed by atoms with Crippen LogP contribution < -0.4 is 10.6 Å². The molecule has 84 valence electrons. The highest BCUT2D eigenvalue weighted by molar-refractivity contribution is 5.14. The first kappa shape index (κ1) is 10.7. The number of nitrogens with one attached hydrogen (secondary N) is 2. The minimum atomic E-state index is 0.495. The largest absolute Gasteiger partial charge is 0.468 e. The molecule has 0 aromatic carbocycles. The molecule has 3 nitrogen and oxygen atoms in total. The van der Waals surface area contributed by atoms with E-state index >= 15 is 0 Å². The van der Waals surface area contributed by atoms with Gasteiger partial charge in [-0.05, 0) is 38.3 Å². The van der Waals surface area contributed by atoms with Gasteiger partial charge in [-0.1, -0.05) is 0 Å². The van der Waals surface area contributed by atoms with E-state index in [9.17, 15) is 0 Å². The van der Waals surface area contributed by atoms with Crippen molar-refractivity contribution >= 4 is 0 Å². The Morgan fingerprint density at radius 2 is 2.33 bits per heavy atom. The highest BCUT2D eigenvalue weighted by atomic mass is 16.3. The van der Waals surface area contributed by atoms with Gasteiger partial charge in [0.2, 0.25) is 0 Å². The first-order valence-corrected chi connectivity index (χ1v) is 5.75. The van der Waals surface area contributed by atoms with Crippen molar-refractivity contribution in [3.8, 4) is 0 Å². The van der Waals surface area contributed by atoms with Crippen molar-refractivity contribution in [3.05, 3.63) is 23.7 Å². The molecule has 2 rings (SSSR count). The summed E-state index contributed by atoms with van der Waals surface area (Å²) in [6, 6.07) is 3.29. The summed E-state index contributed by atoms with van der Waals surface area (Å²) >= 11 is 0. The van der Waals surface area contributed by atoms with E-state index in [-0.39, 0.29) is 0 Å². The van der Waals surface area contributed by atoms with E-state index in [0.29, 0.717) is 6.04 Å². The van der Waals surface area contributed by atoms with Gasteiger partial charge in [-0.25, -0.2) is 0 Å². The van der Waals surface area contributed by atoms with E-state index in [0.717, 1.165) is 24.9 Å². The molecule has 1 aliphatic rings. The summed E-state index contributed by atoms with van der Waals surface area (Å²) in [6.07, 6.45) is 4.45. The zero-order valence-electron chi connectivity index (χ0n) is 9.55. The average Bonchev–Trinajstić information content (AvgIpc) is 2.96. The van der Waals surface area contributed by atoms with Crippen LogP contribution in [0.15, 0.2) is 16.7 Å². The minimum absolute atomic E-state index is 0.495. The maximum absolute atomic E-state index is 5.37. The van der Waals surface area contributed by atoms with E-state index in [1.807, 2.05) is 6.07 Å². The van der Waals surface area contributed by atoms with Crippen molar-refractivity contribution < 1.29 is 4.42 Å². The van der Waals surface area contributed by atoms with Crippen molar-refractivity contribution in [3.63, 3.8) is 0 Å². The molecule has 1 aromatic rings. The summed E-state index contributed by atoms with van der Waals surface area (Å²) in [5.74, 6) is 1.05. The lowest BCUT2D eigenvalue weighted by Gasteiger charge is -2.13. The Labute approximate surface area is 91.2 Å². The molecule has 0 aliphatic heterocycles. The SMILES string of the molecule is Cc1ccoc1CNC(C)CNC1CC1. The maximum Gasteiger partial charge on any atom is 0.120 e. The van der Waals surface area contributed by atoms with Gasteiger partial charge in [-0.2, -0.15) is 0 Å².